The molecule has 0 fully saturated rings. The molecule has 0 atom stereocenters. The molecule has 5 heteroatoms. The molecule has 1 amide bonds. The summed E-state index contributed by atoms with van der Waals surface area (Å²) in [4.78, 5) is 10.6. The molecule has 0 spiro atoms. The summed E-state index contributed by atoms with van der Waals surface area (Å²) in [5, 5.41) is 0. The topological polar surface area (TPSA) is 50.4 Å². The Morgan fingerprint density at radius 3 is 2.58 bits per heavy atom. The largest absolute Gasteiger partial charge is 0.435 e. The van der Waals surface area contributed by atoms with Crippen molar-refractivity contribution in [3.8, 4) is 0 Å². The van der Waals surface area contributed by atoms with Gasteiger partial charge in [-0.2, -0.15) is 0 Å². The van der Waals surface area contributed by atoms with Gasteiger partial charge in [-0.25, -0.2) is 10.2 Å². The van der Waals surface area contributed by atoms with E-state index in [1.807, 2.05) is 30.3 Å². The molecule has 0 saturated carbocycles. The minimum absolute atomic E-state index is 0.528. The Bertz CT molecular complexity index is 253. The van der Waals surface area contributed by atoms with Crippen molar-refractivity contribution >= 4 is 34.8 Å². The van der Waals surface area contributed by atoms with Crippen LogP contribution in [0, 0.1) is 0 Å². The maximum absolute atomic E-state index is 10.6. The molecular weight excluding hydrogens is 271 g/mol. The molecule has 0 aliphatic rings. The normalized spacial score (nSPS) is 8.75. The summed E-state index contributed by atoms with van der Waals surface area (Å²) in [7, 11) is 0. The van der Waals surface area contributed by atoms with Crippen LogP contribution in [0.3, 0.4) is 0 Å². The van der Waals surface area contributed by atoms with Crippen molar-refractivity contribution in [1.29, 1.82) is 0 Å². The molecule has 0 heterocycles. The highest BCUT2D eigenvalue weighted by molar-refractivity contribution is 14.1. The maximum Gasteiger partial charge on any atom is 0.435 e. The predicted molar refractivity (Wildman–Crippen MR) is 53.7 cm³/mol. The van der Waals surface area contributed by atoms with Crippen LogP contribution in [-0.2, 0) is 3.07 Å². The van der Waals surface area contributed by atoms with Gasteiger partial charge in [0, 0.05) is 0 Å². The van der Waals surface area contributed by atoms with Crippen LogP contribution in [0.5, 0.6) is 0 Å². The van der Waals surface area contributed by atoms with E-state index >= 15 is 0 Å². The molecule has 4 nitrogen and oxygen atoms in total. The summed E-state index contributed by atoms with van der Waals surface area (Å²) in [6.07, 6.45) is -0.528. The quantitative estimate of drug-likeness (QED) is 0.643. The SMILES string of the molecule is O=C(NNc1ccccc1)OI. The van der Waals surface area contributed by atoms with Crippen LogP contribution in [-0.4, -0.2) is 6.09 Å². The first-order valence-corrected chi connectivity index (χ1v) is 4.10. The van der Waals surface area contributed by atoms with Crippen LogP contribution in [0.2, 0.25) is 0 Å². The van der Waals surface area contributed by atoms with Gasteiger partial charge in [0.25, 0.3) is 0 Å². The number of hydrazine groups is 1. The Hall–Kier alpha value is -0.980. The van der Waals surface area contributed by atoms with Crippen molar-refractivity contribution in [2.24, 2.45) is 0 Å². The first-order chi connectivity index (χ1) is 5.83. The van der Waals surface area contributed by atoms with Gasteiger partial charge in [-0.15, -0.1) is 0 Å². The summed E-state index contributed by atoms with van der Waals surface area (Å²) < 4.78 is 4.33. The van der Waals surface area contributed by atoms with Crippen molar-refractivity contribution < 1.29 is 7.86 Å². The summed E-state index contributed by atoms with van der Waals surface area (Å²) >= 11 is 1.50. The van der Waals surface area contributed by atoms with Gasteiger partial charge in [0.05, 0.1) is 5.69 Å². The van der Waals surface area contributed by atoms with E-state index in [2.05, 4.69) is 13.9 Å². The number of amides is 1. The van der Waals surface area contributed by atoms with Crippen LogP contribution in [0.4, 0.5) is 10.5 Å². The summed E-state index contributed by atoms with van der Waals surface area (Å²) in [6, 6.07) is 9.27. The highest BCUT2D eigenvalue weighted by Crippen LogP contribution is 2.02. The molecule has 0 aromatic heterocycles. The third-order valence-corrected chi connectivity index (χ3v) is 1.55. The third-order valence-electron chi connectivity index (χ3n) is 1.15. The Morgan fingerprint density at radius 1 is 1.33 bits per heavy atom. The van der Waals surface area contributed by atoms with Gasteiger partial charge in [-0.3, -0.25) is 5.43 Å². The van der Waals surface area contributed by atoms with Crippen LogP contribution in [0.25, 0.3) is 0 Å². The van der Waals surface area contributed by atoms with Crippen LogP contribution in [0.15, 0.2) is 30.3 Å². The van der Waals surface area contributed by atoms with Gasteiger partial charge in [0.2, 0.25) is 0 Å². The number of para-hydroxylation sites is 1. The smallest absolute Gasteiger partial charge is 0.377 e. The molecular formula is C7H7IN2O2. The summed E-state index contributed by atoms with van der Waals surface area (Å²) in [5.74, 6) is 0. The predicted octanol–water partition coefficient (Wildman–Crippen LogP) is 2.09. The minimum atomic E-state index is -0.528. The molecule has 0 radical (unpaired) electrons. The highest BCUT2D eigenvalue weighted by atomic mass is 127. The van der Waals surface area contributed by atoms with E-state index in [-0.39, 0.29) is 0 Å². The molecule has 0 aliphatic heterocycles. The number of benzene rings is 1. The van der Waals surface area contributed by atoms with E-state index in [0.29, 0.717) is 0 Å². The fraction of sp³-hybridized carbons (Fsp3) is 0. The lowest BCUT2D eigenvalue weighted by molar-refractivity contribution is 0.217. The third kappa shape index (κ3) is 2.95. The van der Waals surface area contributed by atoms with Gasteiger partial charge in [0.15, 0.2) is 23.0 Å². The summed E-state index contributed by atoms with van der Waals surface area (Å²) in [5.41, 5.74) is 5.80. The fourth-order valence-electron chi connectivity index (χ4n) is 0.664. The first kappa shape index (κ1) is 9.11. The second-order valence-electron chi connectivity index (χ2n) is 1.98. The van der Waals surface area contributed by atoms with Gasteiger partial charge in [-0.05, 0) is 12.1 Å². The van der Waals surface area contributed by atoms with Crippen LogP contribution in [0.1, 0.15) is 0 Å². The molecule has 64 valence electrons. The van der Waals surface area contributed by atoms with Gasteiger partial charge in [-0.1, -0.05) is 18.2 Å². The molecule has 0 saturated heterocycles. The number of nitrogens with one attached hydrogen (secondary N) is 2. The Kier molecular flexibility index (Phi) is 3.65. The molecule has 0 bridgehead atoms. The van der Waals surface area contributed by atoms with E-state index in [4.69, 9.17) is 0 Å². The number of halogens is 1. The first-order valence-electron chi connectivity index (χ1n) is 3.22. The van der Waals surface area contributed by atoms with Gasteiger partial charge in [0.1, 0.15) is 0 Å². The molecule has 0 unspecified atom stereocenters. The molecule has 0 aliphatic carbocycles. The number of hydrogen-bond acceptors (Lipinski definition) is 3. The molecule has 1 rings (SSSR count). The average Bonchev–Trinajstić information content (AvgIpc) is 2.16. The van der Waals surface area contributed by atoms with E-state index in [9.17, 15) is 4.79 Å². The number of rotatable bonds is 2. The van der Waals surface area contributed by atoms with E-state index in [1.165, 1.54) is 23.0 Å². The lowest BCUT2D eigenvalue weighted by Gasteiger charge is -2.04. The van der Waals surface area contributed by atoms with Crippen molar-refractivity contribution in [2.75, 3.05) is 5.43 Å². The van der Waals surface area contributed by atoms with Gasteiger partial charge < -0.3 is 3.07 Å². The Balaban J connectivity index is 2.38. The number of carbonyl (C=O) groups excluding carboxylic acids is 1. The zero-order chi connectivity index (χ0) is 8.81. The number of hydrogen-bond donors (Lipinski definition) is 2. The standard InChI is InChI=1S/C7H7IN2O2/c8-12-7(11)10-9-6-4-2-1-3-5-6/h1-5,9H,(H,10,11). The zero-order valence-electron chi connectivity index (χ0n) is 6.08. The Labute approximate surface area is 84.0 Å². The molecule has 1 aromatic carbocycles. The van der Waals surface area contributed by atoms with E-state index in [1.54, 1.807) is 0 Å². The lowest BCUT2D eigenvalue weighted by atomic mass is 10.3. The second-order valence-corrected chi connectivity index (χ2v) is 2.42. The van der Waals surface area contributed by atoms with E-state index < -0.39 is 6.09 Å². The van der Waals surface area contributed by atoms with Gasteiger partial charge >= 0.3 is 6.09 Å². The van der Waals surface area contributed by atoms with E-state index in [0.717, 1.165) is 5.69 Å². The van der Waals surface area contributed by atoms with Crippen molar-refractivity contribution in [2.45, 2.75) is 0 Å². The van der Waals surface area contributed by atoms with Crippen LogP contribution < -0.4 is 10.9 Å². The van der Waals surface area contributed by atoms with Crippen molar-refractivity contribution in [1.82, 2.24) is 5.43 Å². The average molecular weight is 278 g/mol. The lowest BCUT2D eigenvalue weighted by Crippen LogP contribution is -2.27. The highest BCUT2D eigenvalue weighted by Gasteiger charge is 1.96. The second kappa shape index (κ2) is 4.81. The number of carbonyl (C=O) groups is 1. The monoisotopic (exact) mass is 278 g/mol. The fourth-order valence-corrected chi connectivity index (χ4v) is 0.774. The number of anilines is 1. The van der Waals surface area contributed by atoms with Crippen LogP contribution >= 0.6 is 23.0 Å². The summed E-state index contributed by atoms with van der Waals surface area (Å²) in [6.45, 7) is 0. The molecule has 2 N–H and O–H groups in total. The molecule has 1 aromatic rings. The van der Waals surface area contributed by atoms with Crippen molar-refractivity contribution in [3.63, 3.8) is 0 Å². The Morgan fingerprint density at radius 2 is 2.00 bits per heavy atom. The minimum Gasteiger partial charge on any atom is -0.377 e. The van der Waals surface area contributed by atoms with Crippen molar-refractivity contribution in [3.05, 3.63) is 30.3 Å². The zero-order valence-corrected chi connectivity index (χ0v) is 8.24. The molecule has 12 heavy (non-hydrogen) atoms. The maximum atomic E-state index is 10.6.